The number of anilines is 1. The first-order valence-electron chi connectivity index (χ1n) is 11.9. The summed E-state index contributed by atoms with van der Waals surface area (Å²) in [6, 6.07) is 1.24. The molecule has 1 aliphatic heterocycles. The van der Waals surface area contributed by atoms with Crippen LogP contribution in [0.5, 0.6) is 0 Å². The van der Waals surface area contributed by atoms with Crippen molar-refractivity contribution < 1.29 is 37.8 Å². The Morgan fingerprint density at radius 1 is 1.23 bits per heavy atom. The number of hydrogen-bond acceptors (Lipinski definition) is 14. The zero-order chi connectivity index (χ0) is 28.4. The summed E-state index contributed by atoms with van der Waals surface area (Å²) in [7, 11) is -0.857. The largest absolute Gasteiger partial charge is 0.383 e. The Hall–Kier alpha value is -2.85. The maximum atomic E-state index is 13.0. The highest BCUT2D eigenvalue weighted by Gasteiger charge is 2.37. The Bertz CT molecular complexity index is 1550. The molecule has 0 saturated carbocycles. The van der Waals surface area contributed by atoms with Gasteiger partial charge in [0.2, 0.25) is 5.78 Å². The number of nitrogens with zero attached hydrogens (tertiary/aromatic N) is 7. The van der Waals surface area contributed by atoms with E-state index in [4.69, 9.17) is 28.8 Å². The molecule has 17 nitrogen and oxygen atoms in total. The molecule has 0 bridgehead atoms. The van der Waals surface area contributed by atoms with E-state index in [0.717, 1.165) is 0 Å². The van der Waals surface area contributed by atoms with Crippen LogP contribution in [0, 0.1) is 5.92 Å². The zero-order valence-corrected chi connectivity index (χ0v) is 23.3. The second-order valence-electron chi connectivity index (χ2n) is 8.72. The lowest BCUT2D eigenvalue weighted by Crippen LogP contribution is -2.40. The molecular weight excluding hydrogens is 570 g/mol. The molecule has 0 aliphatic carbocycles. The second-order valence-corrected chi connectivity index (χ2v) is 10.7. The smallest absolute Gasteiger partial charge is 0.321 e. The molecule has 5 rings (SSSR count). The van der Waals surface area contributed by atoms with Crippen molar-refractivity contribution >= 4 is 39.8 Å². The van der Waals surface area contributed by atoms with E-state index >= 15 is 0 Å². The lowest BCUT2D eigenvalue weighted by atomic mass is 10.0. The van der Waals surface area contributed by atoms with Gasteiger partial charge in [-0.15, -0.1) is 0 Å². The van der Waals surface area contributed by atoms with Crippen LogP contribution in [0.25, 0.3) is 16.9 Å². The van der Waals surface area contributed by atoms with Gasteiger partial charge in [0.05, 0.1) is 19.0 Å². The van der Waals surface area contributed by atoms with Gasteiger partial charge in [-0.1, -0.05) is 0 Å². The fourth-order valence-corrected chi connectivity index (χ4v) is 6.39. The summed E-state index contributed by atoms with van der Waals surface area (Å²) in [5, 5.41) is 22.6. The molecule has 216 valence electrons. The minimum Gasteiger partial charge on any atom is -0.383 e. The summed E-state index contributed by atoms with van der Waals surface area (Å²) < 4.78 is 45.1. The number of aliphatic hydroxyl groups excluding tert-OH is 2. The SMILES string of the molecule is COC1OPC[C@@H]([C@@H](O)n2cnc3c(N)ncnc32)[C@H](OC)CO[PH](=O)O[C@@H](n2ccc(=O)n3ccnc23)[C@@H]1O. The summed E-state index contributed by atoms with van der Waals surface area (Å²) in [6.07, 6.45) is 0.884. The van der Waals surface area contributed by atoms with Crippen LogP contribution in [-0.2, 0) is 27.6 Å². The average molecular weight is 598 g/mol. The standard InChI is InChI=1S/C21H28N8O9P2/c1-34-12-7-36-40(33)38-19(28-5-3-13(30)27-6-4-23-21(27)28)15(31)20(35-2)37-39-8-11(12)18(32)29-10-26-14-16(22)24-9-25-17(14)29/h3-6,9-12,15,18-20,31-32,39-40H,7-8H2,1-2H3,(H2,22,24,25)/t11-,12-,15+,18-,19-,20?/m1/s1. The maximum Gasteiger partial charge on any atom is 0.321 e. The van der Waals surface area contributed by atoms with Gasteiger partial charge in [-0.25, -0.2) is 19.9 Å². The first kappa shape index (κ1) is 28.7. The molecule has 0 radical (unpaired) electrons. The van der Waals surface area contributed by atoms with Crippen LogP contribution < -0.4 is 11.3 Å². The second kappa shape index (κ2) is 12.3. The van der Waals surface area contributed by atoms with Crippen LogP contribution in [0.4, 0.5) is 5.82 Å². The molecule has 1 aliphatic rings. The van der Waals surface area contributed by atoms with Crippen LogP contribution in [0.1, 0.15) is 12.5 Å². The Morgan fingerprint density at radius 2 is 2.05 bits per heavy atom. The number of rotatable bonds is 5. The Kier molecular flexibility index (Phi) is 8.85. The van der Waals surface area contributed by atoms with Crippen molar-refractivity contribution in [1.29, 1.82) is 0 Å². The molecule has 4 aromatic rings. The number of imidazole rings is 2. The van der Waals surface area contributed by atoms with Crippen LogP contribution in [0.3, 0.4) is 0 Å². The molecule has 1 saturated heterocycles. The number of aromatic nitrogens is 7. The van der Waals surface area contributed by atoms with Crippen LogP contribution in [0.2, 0.25) is 0 Å². The molecule has 0 amide bonds. The number of hydrogen-bond donors (Lipinski definition) is 3. The number of ether oxygens (including phenoxy) is 2. The number of fused-ring (bicyclic) bond motifs is 2. The normalized spacial score (nSPS) is 28.4. The Morgan fingerprint density at radius 3 is 2.83 bits per heavy atom. The highest BCUT2D eigenvalue weighted by molar-refractivity contribution is 7.33. The van der Waals surface area contributed by atoms with Crippen molar-refractivity contribution in [1.82, 2.24) is 33.5 Å². The first-order valence-corrected chi connectivity index (χ1v) is 14.3. The van der Waals surface area contributed by atoms with Crippen molar-refractivity contribution in [2.24, 2.45) is 5.92 Å². The van der Waals surface area contributed by atoms with Gasteiger partial charge in [0, 0.05) is 53.6 Å². The van der Waals surface area contributed by atoms with Crippen molar-refractivity contribution in [3.05, 3.63) is 47.7 Å². The van der Waals surface area contributed by atoms with Crippen molar-refractivity contribution in [2.45, 2.75) is 31.0 Å². The summed E-state index contributed by atoms with van der Waals surface area (Å²) >= 11 is 0. The van der Waals surface area contributed by atoms with Crippen LogP contribution in [-0.4, -0.2) is 89.2 Å². The zero-order valence-electron chi connectivity index (χ0n) is 21.3. The molecule has 19 heteroatoms. The minimum atomic E-state index is -3.30. The number of methoxy groups -OCH3 is 2. The van der Waals surface area contributed by atoms with Crippen LogP contribution >= 0.6 is 17.1 Å². The number of aliphatic hydroxyl groups is 2. The van der Waals surface area contributed by atoms with Gasteiger partial charge in [-0.05, 0) is 6.16 Å². The van der Waals surface area contributed by atoms with E-state index in [1.54, 1.807) is 0 Å². The fraction of sp³-hybridized carbons (Fsp3) is 0.476. The molecule has 4 aromatic heterocycles. The summed E-state index contributed by atoms with van der Waals surface area (Å²) in [6.45, 7) is -0.232. The van der Waals surface area contributed by atoms with E-state index in [-0.39, 0.29) is 38.7 Å². The third-order valence-electron chi connectivity index (χ3n) is 6.48. The lowest BCUT2D eigenvalue weighted by Gasteiger charge is -2.34. The molecule has 40 heavy (non-hydrogen) atoms. The fourth-order valence-electron chi connectivity index (χ4n) is 4.41. The molecule has 1 fully saturated rings. The summed E-state index contributed by atoms with van der Waals surface area (Å²) in [5.41, 5.74) is 6.15. The van der Waals surface area contributed by atoms with E-state index in [9.17, 15) is 19.6 Å². The molecule has 3 unspecified atom stereocenters. The maximum absolute atomic E-state index is 13.0. The predicted molar refractivity (Wildman–Crippen MR) is 141 cm³/mol. The minimum absolute atomic E-state index is 0.130. The molecular formula is C21H28N8O9P2. The summed E-state index contributed by atoms with van der Waals surface area (Å²) in [5.74, 6) is -0.394. The quantitative estimate of drug-likeness (QED) is 0.257. The van der Waals surface area contributed by atoms with Gasteiger partial charge in [-0.2, -0.15) is 0 Å². The van der Waals surface area contributed by atoms with Crippen molar-refractivity contribution in [3.8, 4) is 0 Å². The van der Waals surface area contributed by atoms with E-state index < -0.39 is 45.1 Å². The Balaban J connectivity index is 1.44. The first-order chi connectivity index (χ1) is 19.3. The van der Waals surface area contributed by atoms with Crippen molar-refractivity contribution in [2.75, 3.05) is 32.7 Å². The van der Waals surface area contributed by atoms with E-state index in [0.29, 0.717) is 11.2 Å². The Labute approximate surface area is 228 Å². The highest BCUT2D eigenvalue weighted by Crippen LogP contribution is 2.39. The van der Waals surface area contributed by atoms with Gasteiger partial charge < -0.3 is 34.5 Å². The molecule has 0 spiro atoms. The topological polar surface area (TPSA) is 213 Å². The average Bonchev–Trinajstić information content (AvgIpc) is 3.62. The van der Waals surface area contributed by atoms with Crippen LogP contribution in [0.15, 0.2) is 42.1 Å². The molecule has 4 N–H and O–H groups in total. The van der Waals surface area contributed by atoms with Crippen molar-refractivity contribution in [3.63, 3.8) is 0 Å². The van der Waals surface area contributed by atoms with Gasteiger partial charge >= 0.3 is 8.25 Å². The van der Waals surface area contributed by atoms with E-state index in [2.05, 4.69) is 19.9 Å². The van der Waals surface area contributed by atoms with Gasteiger partial charge in [-0.3, -0.25) is 27.4 Å². The third-order valence-corrected chi connectivity index (χ3v) is 8.35. The van der Waals surface area contributed by atoms with Gasteiger partial charge in [0.1, 0.15) is 18.1 Å². The number of nitrogens with two attached hydrogens (primary N) is 1. The van der Waals surface area contributed by atoms with E-state index in [1.807, 2.05) is 0 Å². The van der Waals surface area contributed by atoms with Gasteiger partial charge in [0.25, 0.3) is 5.56 Å². The van der Waals surface area contributed by atoms with Gasteiger partial charge in [0.15, 0.2) is 30.1 Å². The number of nitrogen functional groups attached to an aromatic ring is 1. The summed E-state index contributed by atoms with van der Waals surface area (Å²) in [4.78, 5) is 28.6. The molecule has 0 aromatic carbocycles. The van der Waals surface area contributed by atoms with E-state index in [1.165, 1.54) is 65.1 Å². The third kappa shape index (κ3) is 5.52. The lowest BCUT2D eigenvalue weighted by molar-refractivity contribution is -0.167. The predicted octanol–water partition coefficient (Wildman–Crippen LogP) is -0.0812. The highest BCUT2D eigenvalue weighted by atomic mass is 31.1. The monoisotopic (exact) mass is 598 g/mol. The molecule has 5 heterocycles. The molecule has 8 atom stereocenters.